The summed E-state index contributed by atoms with van der Waals surface area (Å²) >= 11 is 0. The van der Waals surface area contributed by atoms with Crippen LogP contribution in [0.4, 0.5) is 0 Å². The third kappa shape index (κ3) is 7.27. The third-order valence-electron chi connectivity index (χ3n) is 3.59. The standard InChI is InChI=1S/C20H27N3O2/c1-3-24-16-18-11-9-17(10-12-18)15-23-20(21-2)22-13-14-25-19-7-5-4-6-8-19/h4-12H,3,13-16H2,1-2H3,(H2,21,22,23). The molecule has 0 aromatic heterocycles. The molecule has 0 aliphatic rings. The van der Waals surface area contributed by atoms with Crippen molar-refractivity contribution in [2.75, 3.05) is 26.8 Å². The van der Waals surface area contributed by atoms with Gasteiger partial charge in [-0.1, -0.05) is 42.5 Å². The lowest BCUT2D eigenvalue weighted by atomic mass is 10.1. The van der Waals surface area contributed by atoms with E-state index in [1.165, 1.54) is 11.1 Å². The summed E-state index contributed by atoms with van der Waals surface area (Å²) in [6.07, 6.45) is 0. The SMILES string of the molecule is CCOCc1ccc(CNC(=NC)NCCOc2ccccc2)cc1. The molecule has 2 rings (SSSR count). The first kappa shape index (κ1) is 18.8. The van der Waals surface area contributed by atoms with Crippen LogP contribution < -0.4 is 15.4 Å². The summed E-state index contributed by atoms with van der Waals surface area (Å²) in [7, 11) is 1.76. The number of nitrogens with one attached hydrogen (secondary N) is 2. The van der Waals surface area contributed by atoms with Crippen molar-refractivity contribution in [1.29, 1.82) is 0 Å². The summed E-state index contributed by atoms with van der Waals surface area (Å²) in [4.78, 5) is 4.22. The summed E-state index contributed by atoms with van der Waals surface area (Å²) in [5.41, 5.74) is 2.38. The van der Waals surface area contributed by atoms with Gasteiger partial charge in [0.05, 0.1) is 13.2 Å². The first-order valence-corrected chi connectivity index (χ1v) is 8.59. The predicted octanol–water partition coefficient (Wildman–Crippen LogP) is 2.97. The molecule has 0 spiro atoms. The van der Waals surface area contributed by atoms with Gasteiger partial charge in [-0.15, -0.1) is 0 Å². The van der Waals surface area contributed by atoms with E-state index in [1.54, 1.807) is 7.05 Å². The van der Waals surface area contributed by atoms with Gasteiger partial charge < -0.3 is 20.1 Å². The summed E-state index contributed by atoms with van der Waals surface area (Å²) in [5, 5.41) is 6.54. The number of rotatable bonds is 9. The Labute approximate surface area is 150 Å². The minimum absolute atomic E-state index is 0.580. The molecular weight excluding hydrogens is 314 g/mol. The zero-order valence-electron chi connectivity index (χ0n) is 15.0. The Hall–Kier alpha value is -2.53. The zero-order valence-corrected chi connectivity index (χ0v) is 15.0. The molecular formula is C20H27N3O2. The highest BCUT2D eigenvalue weighted by atomic mass is 16.5. The highest BCUT2D eigenvalue weighted by Crippen LogP contribution is 2.07. The van der Waals surface area contributed by atoms with E-state index >= 15 is 0 Å². The van der Waals surface area contributed by atoms with Crippen molar-refractivity contribution < 1.29 is 9.47 Å². The maximum atomic E-state index is 5.65. The Balaban J connectivity index is 1.67. The molecule has 134 valence electrons. The zero-order chi connectivity index (χ0) is 17.7. The van der Waals surface area contributed by atoms with Crippen molar-refractivity contribution in [2.45, 2.75) is 20.1 Å². The molecule has 0 amide bonds. The van der Waals surface area contributed by atoms with Crippen LogP contribution >= 0.6 is 0 Å². The lowest BCUT2D eigenvalue weighted by molar-refractivity contribution is 0.134. The predicted molar refractivity (Wildman–Crippen MR) is 102 cm³/mol. The lowest BCUT2D eigenvalue weighted by Gasteiger charge is -2.13. The average Bonchev–Trinajstić information content (AvgIpc) is 2.67. The molecule has 5 nitrogen and oxygen atoms in total. The van der Waals surface area contributed by atoms with Crippen molar-refractivity contribution in [2.24, 2.45) is 4.99 Å². The van der Waals surface area contributed by atoms with Crippen LogP contribution in [0.1, 0.15) is 18.1 Å². The van der Waals surface area contributed by atoms with Gasteiger partial charge >= 0.3 is 0 Å². The molecule has 0 aliphatic heterocycles. The number of guanidine groups is 1. The lowest BCUT2D eigenvalue weighted by Crippen LogP contribution is -2.38. The molecule has 0 bridgehead atoms. The highest BCUT2D eigenvalue weighted by molar-refractivity contribution is 5.79. The van der Waals surface area contributed by atoms with E-state index in [0.29, 0.717) is 26.3 Å². The first-order chi connectivity index (χ1) is 12.3. The summed E-state index contributed by atoms with van der Waals surface area (Å²) < 4.78 is 11.1. The molecule has 0 heterocycles. The minimum Gasteiger partial charge on any atom is -0.492 e. The van der Waals surface area contributed by atoms with Crippen LogP contribution in [0, 0.1) is 0 Å². The third-order valence-corrected chi connectivity index (χ3v) is 3.59. The van der Waals surface area contributed by atoms with Gasteiger partial charge in [0.1, 0.15) is 12.4 Å². The molecule has 2 aromatic rings. The van der Waals surface area contributed by atoms with Crippen LogP contribution in [0.25, 0.3) is 0 Å². The summed E-state index contributed by atoms with van der Waals surface area (Å²) in [6, 6.07) is 18.2. The van der Waals surface area contributed by atoms with Crippen LogP contribution in [0.15, 0.2) is 59.6 Å². The quantitative estimate of drug-likeness (QED) is 0.418. The molecule has 0 radical (unpaired) electrons. The monoisotopic (exact) mass is 341 g/mol. The van der Waals surface area contributed by atoms with Gasteiger partial charge in [-0.3, -0.25) is 4.99 Å². The number of hydrogen-bond donors (Lipinski definition) is 2. The van der Waals surface area contributed by atoms with Crippen molar-refractivity contribution in [3.63, 3.8) is 0 Å². The van der Waals surface area contributed by atoms with Crippen LogP contribution in [-0.4, -0.2) is 32.8 Å². The Morgan fingerprint density at radius 2 is 1.68 bits per heavy atom. The van der Waals surface area contributed by atoms with Crippen molar-refractivity contribution in [3.05, 3.63) is 65.7 Å². The summed E-state index contributed by atoms with van der Waals surface area (Å²) in [5.74, 6) is 1.63. The second-order valence-corrected chi connectivity index (χ2v) is 5.47. The van der Waals surface area contributed by atoms with Gasteiger partial charge in [-0.05, 0) is 30.2 Å². The second-order valence-electron chi connectivity index (χ2n) is 5.47. The number of benzene rings is 2. The molecule has 2 aromatic carbocycles. The molecule has 0 atom stereocenters. The van der Waals surface area contributed by atoms with E-state index in [0.717, 1.165) is 18.3 Å². The van der Waals surface area contributed by atoms with Gasteiger partial charge in [0, 0.05) is 20.2 Å². The molecule has 0 saturated heterocycles. The molecule has 0 fully saturated rings. The van der Waals surface area contributed by atoms with E-state index in [2.05, 4.69) is 39.9 Å². The first-order valence-electron chi connectivity index (χ1n) is 8.59. The van der Waals surface area contributed by atoms with Crippen LogP contribution in [-0.2, 0) is 17.9 Å². The average molecular weight is 341 g/mol. The van der Waals surface area contributed by atoms with Gasteiger partial charge in [-0.25, -0.2) is 0 Å². The maximum Gasteiger partial charge on any atom is 0.191 e. The number of ether oxygens (including phenoxy) is 2. The molecule has 0 aliphatic carbocycles. The fraction of sp³-hybridized carbons (Fsp3) is 0.350. The fourth-order valence-corrected chi connectivity index (χ4v) is 2.23. The second kappa shape index (κ2) is 11.1. The van der Waals surface area contributed by atoms with E-state index < -0.39 is 0 Å². The highest BCUT2D eigenvalue weighted by Gasteiger charge is 1.99. The van der Waals surface area contributed by atoms with Crippen molar-refractivity contribution in [1.82, 2.24) is 10.6 Å². The Morgan fingerprint density at radius 3 is 2.36 bits per heavy atom. The van der Waals surface area contributed by atoms with Gasteiger partial charge in [0.25, 0.3) is 0 Å². The normalized spacial score (nSPS) is 11.2. The van der Waals surface area contributed by atoms with E-state index in [4.69, 9.17) is 9.47 Å². The molecule has 0 saturated carbocycles. The summed E-state index contributed by atoms with van der Waals surface area (Å²) in [6.45, 7) is 5.38. The maximum absolute atomic E-state index is 5.65. The number of nitrogens with zero attached hydrogens (tertiary/aromatic N) is 1. The number of hydrogen-bond acceptors (Lipinski definition) is 3. The van der Waals surface area contributed by atoms with E-state index in [-0.39, 0.29) is 0 Å². The number of para-hydroxylation sites is 1. The van der Waals surface area contributed by atoms with Crippen LogP contribution in [0.3, 0.4) is 0 Å². The fourth-order valence-electron chi connectivity index (χ4n) is 2.23. The van der Waals surface area contributed by atoms with E-state index in [1.807, 2.05) is 37.3 Å². The van der Waals surface area contributed by atoms with Gasteiger partial charge in [0.15, 0.2) is 5.96 Å². The van der Waals surface area contributed by atoms with Gasteiger partial charge in [0.2, 0.25) is 0 Å². The Morgan fingerprint density at radius 1 is 0.960 bits per heavy atom. The number of aliphatic imine (C=N–C) groups is 1. The largest absolute Gasteiger partial charge is 0.492 e. The topological polar surface area (TPSA) is 54.9 Å². The Bertz CT molecular complexity index is 627. The van der Waals surface area contributed by atoms with Crippen LogP contribution in [0.2, 0.25) is 0 Å². The molecule has 5 heteroatoms. The Kier molecular flexibility index (Phi) is 8.35. The molecule has 2 N–H and O–H groups in total. The van der Waals surface area contributed by atoms with Crippen molar-refractivity contribution in [3.8, 4) is 5.75 Å². The van der Waals surface area contributed by atoms with E-state index in [9.17, 15) is 0 Å². The minimum atomic E-state index is 0.580. The molecule has 25 heavy (non-hydrogen) atoms. The smallest absolute Gasteiger partial charge is 0.191 e. The van der Waals surface area contributed by atoms with Gasteiger partial charge in [-0.2, -0.15) is 0 Å². The van der Waals surface area contributed by atoms with Crippen LogP contribution in [0.5, 0.6) is 5.75 Å². The van der Waals surface area contributed by atoms with Crippen molar-refractivity contribution >= 4 is 5.96 Å². The molecule has 0 unspecified atom stereocenters.